The van der Waals surface area contributed by atoms with Crippen LogP contribution in [0.25, 0.3) is 0 Å². The summed E-state index contributed by atoms with van der Waals surface area (Å²) in [6.07, 6.45) is 0.609. The highest BCUT2D eigenvalue weighted by Gasteiger charge is 2.32. The van der Waals surface area contributed by atoms with Gasteiger partial charge in [0.05, 0.1) is 32.4 Å². The number of tetrazole rings is 1. The highest BCUT2D eigenvalue weighted by atomic mass is 35.5. The molecule has 2 heterocycles. The number of carbonyl (C=O) groups is 1. The van der Waals surface area contributed by atoms with Crippen LogP contribution in [0.15, 0.2) is 36.4 Å². The third kappa shape index (κ3) is 5.38. The lowest BCUT2D eigenvalue weighted by molar-refractivity contribution is -0.142. The van der Waals surface area contributed by atoms with Crippen LogP contribution in [0.3, 0.4) is 0 Å². The molecule has 0 radical (unpaired) electrons. The first-order valence-electron chi connectivity index (χ1n) is 11.2. The van der Waals surface area contributed by atoms with Gasteiger partial charge in [0, 0.05) is 28.1 Å². The van der Waals surface area contributed by atoms with Gasteiger partial charge in [0.2, 0.25) is 0 Å². The van der Waals surface area contributed by atoms with E-state index in [0.717, 1.165) is 16.8 Å². The summed E-state index contributed by atoms with van der Waals surface area (Å²) in [7, 11) is 3.24. The first kappa shape index (κ1) is 24.9. The molecule has 1 aliphatic rings. The molecule has 0 saturated carbocycles. The highest BCUT2D eigenvalue weighted by Crippen LogP contribution is 2.45. The maximum absolute atomic E-state index is 12.0. The Morgan fingerprint density at radius 1 is 1.23 bits per heavy atom. The molecule has 4 rings (SSSR count). The van der Waals surface area contributed by atoms with Crippen LogP contribution in [0.4, 0.5) is 5.69 Å². The lowest BCUT2D eigenvalue weighted by atomic mass is 9.83. The van der Waals surface area contributed by atoms with Gasteiger partial charge in [-0.3, -0.25) is 4.79 Å². The number of anilines is 1. The number of halogens is 1. The van der Waals surface area contributed by atoms with Crippen LogP contribution in [0.1, 0.15) is 36.2 Å². The largest absolute Gasteiger partial charge is 0.493 e. The molecule has 0 saturated heterocycles. The topological polar surface area (TPSA) is 100 Å². The molecule has 35 heavy (non-hydrogen) atoms. The van der Waals surface area contributed by atoms with Crippen molar-refractivity contribution in [3.63, 3.8) is 0 Å². The number of thiocarbonyl (C=S) groups is 1. The third-order valence-electron chi connectivity index (χ3n) is 5.95. The summed E-state index contributed by atoms with van der Waals surface area (Å²) in [6, 6.07) is 11.5. The van der Waals surface area contributed by atoms with Gasteiger partial charge in [-0.1, -0.05) is 36.0 Å². The molecule has 1 aliphatic heterocycles. The van der Waals surface area contributed by atoms with E-state index in [9.17, 15) is 4.79 Å². The minimum absolute atomic E-state index is 0.0171. The molecule has 2 aromatic carbocycles. The van der Waals surface area contributed by atoms with Crippen LogP contribution in [-0.4, -0.2) is 52.0 Å². The average Bonchev–Trinajstić information content (AvgIpc) is 3.22. The molecule has 0 bridgehead atoms. The number of carbonyl (C=O) groups excluding carboxylic acids is 1. The summed E-state index contributed by atoms with van der Waals surface area (Å²) in [6.45, 7) is 2.44. The summed E-state index contributed by atoms with van der Waals surface area (Å²) in [5, 5.41) is 15.9. The van der Waals surface area contributed by atoms with Crippen molar-refractivity contribution in [3.8, 4) is 11.5 Å². The van der Waals surface area contributed by atoms with Crippen LogP contribution in [0, 0.1) is 5.92 Å². The first-order chi connectivity index (χ1) is 16.9. The molecule has 9 nitrogen and oxygen atoms in total. The van der Waals surface area contributed by atoms with Gasteiger partial charge in [0.15, 0.2) is 17.3 Å². The minimum atomic E-state index is -0.383. The molecule has 2 atom stereocenters. The first-order valence-corrected chi connectivity index (χ1v) is 12.0. The highest BCUT2D eigenvalue weighted by molar-refractivity contribution is 7.80. The number of aromatic nitrogens is 4. The van der Waals surface area contributed by atoms with E-state index >= 15 is 0 Å². The van der Waals surface area contributed by atoms with Crippen molar-refractivity contribution in [1.82, 2.24) is 20.2 Å². The predicted molar refractivity (Wildman–Crippen MR) is 135 cm³/mol. The Morgan fingerprint density at radius 3 is 2.80 bits per heavy atom. The van der Waals surface area contributed by atoms with Crippen molar-refractivity contribution in [1.29, 1.82) is 0 Å². The van der Waals surface area contributed by atoms with Crippen LogP contribution < -0.4 is 14.8 Å². The van der Waals surface area contributed by atoms with E-state index in [1.165, 1.54) is 0 Å². The van der Waals surface area contributed by atoms with E-state index in [4.69, 9.17) is 38.0 Å². The van der Waals surface area contributed by atoms with Gasteiger partial charge < -0.3 is 19.5 Å². The lowest BCUT2D eigenvalue weighted by Gasteiger charge is -2.24. The van der Waals surface area contributed by atoms with Gasteiger partial charge >= 0.3 is 5.97 Å². The molecule has 0 amide bonds. The fourth-order valence-corrected chi connectivity index (χ4v) is 4.83. The van der Waals surface area contributed by atoms with Crippen molar-refractivity contribution in [2.24, 2.45) is 5.92 Å². The summed E-state index contributed by atoms with van der Waals surface area (Å²) in [5.41, 5.74) is 2.83. The Labute approximate surface area is 213 Å². The molecule has 1 N–H and O–H groups in total. The van der Waals surface area contributed by atoms with E-state index in [1.807, 2.05) is 36.4 Å². The maximum atomic E-state index is 12.0. The predicted octanol–water partition coefficient (Wildman–Crippen LogP) is 4.04. The van der Waals surface area contributed by atoms with Crippen molar-refractivity contribution in [2.45, 2.75) is 32.2 Å². The van der Waals surface area contributed by atoms with Crippen LogP contribution in [0.5, 0.6) is 11.5 Å². The van der Waals surface area contributed by atoms with Gasteiger partial charge in [-0.2, -0.15) is 0 Å². The second-order valence-corrected chi connectivity index (χ2v) is 8.92. The zero-order valence-electron chi connectivity index (χ0n) is 19.7. The van der Waals surface area contributed by atoms with E-state index in [-0.39, 0.29) is 24.2 Å². The van der Waals surface area contributed by atoms with Gasteiger partial charge in [-0.05, 0) is 53.6 Å². The Bertz CT molecular complexity index is 1230. The zero-order valence-corrected chi connectivity index (χ0v) is 21.2. The molecular formula is C24H26ClN5O4S. The van der Waals surface area contributed by atoms with Crippen molar-refractivity contribution in [2.75, 3.05) is 26.1 Å². The number of methoxy groups -OCH3 is 2. The van der Waals surface area contributed by atoms with E-state index in [0.29, 0.717) is 46.9 Å². The molecule has 184 valence electrons. The quantitative estimate of drug-likeness (QED) is 0.352. The molecule has 0 aliphatic carbocycles. The zero-order chi connectivity index (χ0) is 24.9. The van der Waals surface area contributed by atoms with Gasteiger partial charge in [0.1, 0.15) is 6.42 Å². The number of para-hydroxylation sites is 1. The van der Waals surface area contributed by atoms with Crippen LogP contribution in [-0.2, 0) is 22.5 Å². The maximum Gasteiger partial charge on any atom is 0.313 e. The molecule has 1 aromatic heterocycles. The monoisotopic (exact) mass is 515 g/mol. The lowest BCUT2D eigenvalue weighted by Crippen LogP contribution is -2.26. The van der Waals surface area contributed by atoms with Gasteiger partial charge in [0.25, 0.3) is 0 Å². The standard InChI is InChI=1S/C24H26ClN5O4S/c1-4-34-22(31)12-21-27-28-29-30(21)13-14-10-17(16-6-5-7-20(32-2)23(16)33-3)18-11-15(25)8-9-19(18)26-24(14)35/h5-9,11,14,17H,4,10,12-13H2,1-3H3,(H,26,35). The van der Waals surface area contributed by atoms with Crippen LogP contribution in [0.2, 0.25) is 5.02 Å². The van der Waals surface area contributed by atoms with Crippen LogP contribution >= 0.6 is 23.8 Å². The van der Waals surface area contributed by atoms with E-state index in [2.05, 4.69) is 20.8 Å². The third-order valence-corrected chi connectivity index (χ3v) is 6.62. The van der Waals surface area contributed by atoms with Crippen molar-refractivity contribution >= 4 is 40.5 Å². The summed E-state index contributed by atoms with van der Waals surface area (Å²) in [5.74, 6) is 1.07. The number of hydrogen-bond donors (Lipinski definition) is 1. The van der Waals surface area contributed by atoms with Gasteiger partial charge in [-0.25, -0.2) is 4.68 Å². The molecule has 0 fully saturated rings. The van der Waals surface area contributed by atoms with Crippen molar-refractivity contribution in [3.05, 3.63) is 58.4 Å². The normalized spacial score (nSPS) is 17.2. The Morgan fingerprint density at radius 2 is 2.06 bits per heavy atom. The number of rotatable bonds is 8. The van der Waals surface area contributed by atoms with Gasteiger partial charge in [-0.15, -0.1) is 5.10 Å². The number of nitrogens with one attached hydrogen (secondary N) is 1. The fraction of sp³-hybridized carbons (Fsp3) is 0.375. The number of hydrogen-bond acceptors (Lipinski definition) is 8. The molecule has 3 aromatic rings. The molecular weight excluding hydrogens is 490 g/mol. The van der Waals surface area contributed by atoms with Crippen molar-refractivity contribution < 1.29 is 19.0 Å². The fourth-order valence-electron chi connectivity index (χ4n) is 4.37. The molecule has 2 unspecified atom stereocenters. The second-order valence-electron chi connectivity index (χ2n) is 8.05. The smallest absolute Gasteiger partial charge is 0.313 e. The molecule has 11 heteroatoms. The second kappa shape index (κ2) is 11.0. The Hall–Kier alpha value is -3.24. The van der Waals surface area contributed by atoms with E-state index in [1.54, 1.807) is 25.8 Å². The number of ether oxygens (including phenoxy) is 3. The van der Waals surface area contributed by atoms with E-state index < -0.39 is 0 Å². The minimum Gasteiger partial charge on any atom is -0.493 e. The Balaban J connectivity index is 1.73. The Kier molecular flexibility index (Phi) is 7.82. The summed E-state index contributed by atoms with van der Waals surface area (Å²) >= 11 is 12.2. The number of nitrogens with zero attached hydrogens (tertiary/aromatic N) is 4. The number of benzene rings is 2. The molecule has 0 spiro atoms. The summed E-state index contributed by atoms with van der Waals surface area (Å²) in [4.78, 5) is 12.7. The SMILES string of the molecule is CCOC(=O)Cc1nnnn1CC1CC(c2cccc(OC)c2OC)c2cc(Cl)ccc2NC1=S. The number of fused-ring (bicyclic) bond motifs is 1. The number of esters is 1. The average molecular weight is 516 g/mol. The summed E-state index contributed by atoms with van der Waals surface area (Å²) < 4.78 is 18.0.